The van der Waals surface area contributed by atoms with Crippen LogP contribution in [0.1, 0.15) is 27.8 Å². The van der Waals surface area contributed by atoms with Crippen LogP contribution in [0, 0.1) is 6.92 Å². The molecule has 0 spiro atoms. The highest BCUT2D eigenvalue weighted by Crippen LogP contribution is 2.26. The Hall–Kier alpha value is -1.89. The van der Waals surface area contributed by atoms with Gasteiger partial charge in [0.25, 0.3) is 0 Å². The number of nitrogens with zero attached hydrogens (tertiary/aromatic N) is 5. The maximum atomic E-state index is 4.41. The maximum absolute atomic E-state index is 4.41. The van der Waals surface area contributed by atoms with E-state index in [9.17, 15) is 0 Å². The first-order valence-corrected chi connectivity index (χ1v) is 8.33. The lowest BCUT2D eigenvalue weighted by molar-refractivity contribution is 0.485. The standard InChI is InChI=1S/C15H22N6S/c1-11-6-17-14(22-11)8-18-15(16-2)21-5-4-12(10-21)13-7-19-20(3)9-13/h6-7,9,12H,4-5,8,10H2,1-3H3,(H,16,18). The van der Waals surface area contributed by atoms with Crippen LogP contribution in [0.3, 0.4) is 0 Å². The first-order valence-electron chi connectivity index (χ1n) is 7.51. The van der Waals surface area contributed by atoms with Gasteiger partial charge in [-0.2, -0.15) is 5.10 Å². The van der Waals surface area contributed by atoms with Crippen molar-refractivity contribution in [1.82, 2.24) is 25.0 Å². The smallest absolute Gasteiger partial charge is 0.194 e. The molecule has 7 heteroatoms. The summed E-state index contributed by atoms with van der Waals surface area (Å²) in [6.07, 6.45) is 7.15. The number of nitrogens with one attached hydrogen (secondary N) is 1. The first-order chi connectivity index (χ1) is 10.7. The van der Waals surface area contributed by atoms with E-state index < -0.39 is 0 Å². The minimum absolute atomic E-state index is 0.536. The zero-order chi connectivity index (χ0) is 15.5. The summed E-state index contributed by atoms with van der Waals surface area (Å²) in [7, 11) is 3.81. The molecule has 0 radical (unpaired) electrons. The molecule has 1 atom stereocenters. The summed E-state index contributed by atoms with van der Waals surface area (Å²) in [5, 5.41) is 8.79. The quantitative estimate of drug-likeness (QED) is 0.692. The van der Waals surface area contributed by atoms with E-state index >= 15 is 0 Å². The Balaban J connectivity index is 1.58. The number of aliphatic imine (C=N–C) groups is 1. The summed E-state index contributed by atoms with van der Waals surface area (Å²) < 4.78 is 1.87. The lowest BCUT2D eigenvalue weighted by Gasteiger charge is -2.21. The fraction of sp³-hybridized carbons (Fsp3) is 0.533. The topological polar surface area (TPSA) is 58.3 Å². The van der Waals surface area contributed by atoms with Gasteiger partial charge in [0.05, 0.1) is 12.7 Å². The highest BCUT2D eigenvalue weighted by Gasteiger charge is 2.26. The molecule has 0 amide bonds. The van der Waals surface area contributed by atoms with E-state index in [2.05, 4.69) is 38.4 Å². The van der Waals surface area contributed by atoms with Gasteiger partial charge in [0.15, 0.2) is 5.96 Å². The van der Waals surface area contributed by atoms with E-state index in [0.29, 0.717) is 5.92 Å². The van der Waals surface area contributed by atoms with Crippen molar-refractivity contribution in [3.05, 3.63) is 34.0 Å². The van der Waals surface area contributed by atoms with E-state index in [1.807, 2.05) is 31.2 Å². The Labute approximate surface area is 134 Å². The number of likely N-dealkylation sites (tertiary alicyclic amines) is 1. The van der Waals surface area contributed by atoms with Crippen molar-refractivity contribution >= 4 is 17.3 Å². The van der Waals surface area contributed by atoms with Gasteiger partial charge in [0.2, 0.25) is 0 Å². The molecule has 1 saturated heterocycles. The number of thiazole rings is 1. The Morgan fingerprint density at radius 2 is 2.36 bits per heavy atom. The average Bonchev–Trinajstić information content (AvgIpc) is 3.21. The number of guanidine groups is 1. The molecule has 1 N–H and O–H groups in total. The molecule has 0 aliphatic carbocycles. The molecule has 2 aromatic heterocycles. The molecule has 0 aromatic carbocycles. The molecule has 1 fully saturated rings. The van der Waals surface area contributed by atoms with Crippen LogP contribution in [0.4, 0.5) is 0 Å². The van der Waals surface area contributed by atoms with Gasteiger partial charge in [-0.1, -0.05) is 0 Å². The summed E-state index contributed by atoms with van der Waals surface area (Å²) in [6.45, 7) is 4.83. The van der Waals surface area contributed by atoms with Crippen molar-refractivity contribution in [2.24, 2.45) is 12.0 Å². The van der Waals surface area contributed by atoms with E-state index in [1.165, 1.54) is 10.4 Å². The average molecular weight is 318 g/mol. The molecule has 3 rings (SSSR count). The summed E-state index contributed by atoms with van der Waals surface area (Å²) in [6, 6.07) is 0. The normalized spacial score (nSPS) is 19.0. The van der Waals surface area contributed by atoms with Crippen LogP contribution < -0.4 is 5.32 Å². The number of hydrogen-bond donors (Lipinski definition) is 1. The van der Waals surface area contributed by atoms with Crippen LogP contribution in [0.25, 0.3) is 0 Å². The largest absolute Gasteiger partial charge is 0.350 e. The second-order valence-electron chi connectivity index (χ2n) is 5.64. The van der Waals surface area contributed by atoms with Gasteiger partial charge in [-0.3, -0.25) is 9.67 Å². The molecule has 1 aliphatic rings. The van der Waals surface area contributed by atoms with Gasteiger partial charge in [-0.15, -0.1) is 11.3 Å². The highest BCUT2D eigenvalue weighted by molar-refractivity contribution is 7.11. The van der Waals surface area contributed by atoms with Gasteiger partial charge in [-0.25, -0.2) is 4.98 Å². The molecule has 3 heterocycles. The van der Waals surface area contributed by atoms with Crippen molar-refractivity contribution in [1.29, 1.82) is 0 Å². The molecular weight excluding hydrogens is 296 g/mol. The van der Waals surface area contributed by atoms with E-state index in [4.69, 9.17) is 0 Å². The van der Waals surface area contributed by atoms with Gasteiger partial charge < -0.3 is 10.2 Å². The van der Waals surface area contributed by atoms with Gasteiger partial charge in [-0.05, 0) is 18.9 Å². The minimum Gasteiger partial charge on any atom is -0.350 e. The van der Waals surface area contributed by atoms with Crippen LogP contribution in [0.2, 0.25) is 0 Å². The Bertz CT molecular complexity index is 659. The fourth-order valence-corrected chi connectivity index (χ4v) is 3.57. The summed E-state index contributed by atoms with van der Waals surface area (Å²) in [5.41, 5.74) is 1.32. The van der Waals surface area contributed by atoms with Crippen molar-refractivity contribution in [3.8, 4) is 0 Å². The Morgan fingerprint density at radius 1 is 1.50 bits per heavy atom. The van der Waals surface area contributed by atoms with Gasteiger partial charge in [0, 0.05) is 50.4 Å². The van der Waals surface area contributed by atoms with Crippen LogP contribution in [-0.2, 0) is 13.6 Å². The molecule has 2 aromatic rings. The van der Waals surface area contributed by atoms with Gasteiger partial charge in [0.1, 0.15) is 5.01 Å². The van der Waals surface area contributed by atoms with Gasteiger partial charge >= 0.3 is 0 Å². The predicted octanol–water partition coefficient (Wildman–Crippen LogP) is 1.75. The van der Waals surface area contributed by atoms with E-state index in [-0.39, 0.29) is 0 Å². The van der Waals surface area contributed by atoms with Crippen molar-refractivity contribution < 1.29 is 0 Å². The van der Waals surface area contributed by atoms with Crippen LogP contribution in [-0.4, -0.2) is 45.8 Å². The van der Waals surface area contributed by atoms with Crippen molar-refractivity contribution in [2.75, 3.05) is 20.1 Å². The lowest BCUT2D eigenvalue weighted by Crippen LogP contribution is -2.39. The molecular formula is C15H22N6S. The maximum Gasteiger partial charge on any atom is 0.194 e. The number of rotatable bonds is 3. The van der Waals surface area contributed by atoms with Crippen LogP contribution >= 0.6 is 11.3 Å². The Kier molecular flexibility index (Phi) is 4.42. The molecule has 118 valence electrons. The fourth-order valence-electron chi connectivity index (χ4n) is 2.85. The zero-order valence-electron chi connectivity index (χ0n) is 13.3. The van der Waals surface area contributed by atoms with Crippen LogP contribution in [0.5, 0.6) is 0 Å². The summed E-state index contributed by atoms with van der Waals surface area (Å²) >= 11 is 1.72. The third kappa shape index (κ3) is 3.30. The predicted molar refractivity (Wildman–Crippen MR) is 89.2 cm³/mol. The van der Waals surface area contributed by atoms with E-state index in [1.54, 1.807) is 11.3 Å². The van der Waals surface area contributed by atoms with Crippen LogP contribution in [0.15, 0.2) is 23.6 Å². The van der Waals surface area contributed by atoms with Crippen molar-refractivity contribution in [2.45, 2.75) is 25.8 Å². The molecule has 1 unspecified atom stereocenters. The van der Waals surface area contributed by atoms with E-state index in [0.717, 1.165) is 37.0 Å². The lowest BCUT2D eigenvalue weighted by atomic mass is 10.0. The third-order valence-electron chi connectivity index (χ3n) is 3.96. The van der Waals surface area contributed by atoms with Crippen molar-refractivity contribution in [3.63, 3.8) is 0 Å². The monoisotopic (exact) mass is 318 g/mol. The highest BCUT2D eigenvalue weighted by atomic mass is 32.1. The SMILES string of the molecule is CN=C(NCc1ncc(C)s1)N1CCC(c2cnn(C)c2)C1. The molecule has 1 aliphatic heterocycles. The Morgan fingerprint density at radius 3 is 3.00 bits per heavy atom. The number of aryl methyl sites for hydroxylation is 2. The molecule has 22 heavy (non-hydrogen) atoms. The first kappa shape index (κ1) is 15.0. The summed E-state index contributed by atoms with van der Waals surface area (Å²) in [5.74, 6) is 1.49. The second kappa shape index (κ2) is 6.48. The third-order valence-corrected chi connectivity index (χ3v) is 4.88. The minimum atomic E-state index is 0.536. The summed E-state index contributed by atoms with van der Waals surface area (Å²) in [4.78, 5) is 12.4. The molecule has 0 saturated carbocycles. The molecule has 0 bridgehead atoms. The number of aromatic nitrogens is 3. The zero-order valence-corrected chi connectivity index (χ0v) is 14.1. The number of hydrogen-bond acceptors (Lipinski definition) is 4. The second-order valence-corrected chi connectivity index (χ2v) is 6.96. The molecule has 6 nitrogen and oxygen atoms in total.